The minimum atomic E-state index is -1.98. The summed E-state index contributed by atoms with van der Waals surface area (Å²) in [6, 6.07) is 8.85. The summed E-state index contributed by atoms with van der Waals surface area (Å²) >= 11 is 0. The molecule has 0 saturated carbocycles. The Hall–Kier alpha value is -1.41. The van der Waals surface area contributed by atoms with Gasteiger partial charge < -0.3 is 4.74 Å². The fraction of sp³-hybridized carbons (Fsp3) is 0.300. The highest BCUT2D eigenvalue weighted by Gasteiger charge is 2.42. The first-order chi connectivity index (χ1) is 7.25. The second kappa shape index (κ2) is 4.41. The summed E-state index contributed by atoms with van der Waals surface area (Å²) in [7, 11) is -1.98. The van der Waals surface area contributed by atoms with Gasteiger partial charge in [-0.15, -0.1) is 0 Å². The van der Waals surface area contributed by atoms with E-state index in [-0.39, 0.29) is 5.97 Å². The molecule has 1 aliphatic heterocycles. The smallest absolute Gasteiger partial charge is 0.413 e. The van der Waals surface area contributed by atoms with Gasteiger partial charge in [0.15, 0.2) is 5.75 Å². The van der Waals surface area contributed by atoms with Crippen LogP contribution in [0.4, 0.5) is 0 Å². The van der Waals surface area contributed by atoms with Crippen LogP contribution >= 0.6 is 8.03 Å². The Kier molecular flexibility index (Phi) is 2.97. The van der Waals surface area contributed by atoms with Crippen LogP contribution in [0.15, 0.2) is 30.3 Å². The number of carbonyl (C=O) groups excluding carboxylic acids is 1. The summed E-state index contributed by atoms with van der Waals surface area (Å²) in [5.41, 5.74) is 0. The molecule has 1 aromatic carbocycles. The summed E-state index contributed by atoms with van der Waals surface area (Å²) < 4.78 is 21.6. The van der Waals surface area contributed by atoms with Crippen molar-refractivity contribution in [2.75, 3.05) is 0 Å². The molecule has 1 heterocycles. The SMILES string of the molecule is O=C1CCC([P+](=O)Oc2ccccc2)O1. The molecule has 0 radical (unpaired) electrons. The van der Waals surface area contributed by atoms with E-state index in [1.54, 1.807) is 24.3 Å². The van der Waals surface area contributed by atoms with E-state index < -0.39 is 13.9 Å². The molecule has 5 heteroatoms. The van der Waals surface area contributed by atoms with Crippen molar-refractivity contribution in [3.8, 4) is 5.75 Å². The summed E-state index contributed by atoms with van der Waals surface area (Å²) in [5.74, 6) is -0.366. The van der Waals surface area contributed by atoms with Gasteiger partial charge in [-0.2, -0.15) is 0 Å². The molecule has 0 aliphatic carbocycles. The normalized spacial score (nSPS) is 20.9. The third kappa shape index (κ3) is 2.54. The Morgan fingerprint density at radius 2 is 2.07 bits per heavy atom. The van der Waals surface area contributed by atoms with Gasteiger partial charge in [-0.1, -0.05) is 18.2 Å². The zero-order chi connectivity index (χ0) is 10.7. The van der Waals surface area contributed by atoms with Gasteiger partial charge in [0.1, 0.15) is 0 Å². The van der Waals surface area contributed by atoms with Crippen molar-refractivity contribution in [2.45, 2.75) is 18.7 Å². The average Bonchev–Trinajstić information content (AvgIpc) is 2.66. The van der Waals surface area contributed by atoms with Crippen molar-refractivity contribution in [1.82, 2.24) is 0 Å². The van der Waals surface area contributed by atoms with Crippen LogP contribution in [0, 0.1) is 0 Å². The molecule has 1 saturated heterocycles. The molecule has 15 heavy (non-hydrogen) atoms. The van der Waals surface area contributed by atoms with Crippen molar-refractivity contribution < 1.29 is 18.6 Å². The first-order valence-electron chi connectivity index (χ1n) is 4.64. The number of ether oxygens (including phenoxy) is 1. The maximum atomic E-state index is 11.6. The zero-order valence-corrected chi connectivity index (χ0v) is 8.85. The summed E-state index contributed by atoms with van der Waals surface area (Å²) in [5, 5.41) is 0. The van der Waals surface area contributed by atoms with E-state index in [1.807, 2.05) is 6.07 Å². The molecular formula is C10H10O4P+. The van der Waals surface area contributed by atoms with Gasteiger partial charge in [0.25, 0.3) is 0 Å². The van der Waals surface area contributed by atoms with Gasteiger partial charge in [0, 0.05) is 6.42 Å². The van der Waals surface area contributed by atoms with Crippen molar-refractivity contribution in [3.63, 3.8) is 0 Å². The van der Waals surface area contributed by atoms with Crippen molar-refractivity contribution in [1.29, 1.82) is 0 Å². The molecule has 0 amide bonds. The van der Waals surface area contributed by atoms with E-state index in [0.717, 1.165) is 0 Å². The van der Waals surface area contributed by atoms with Crippen LogP contribution in [0.1, 0.15) is 12.8 Å². The summed E-state index contributed by atoms with van der Waals surface area (Å²) in [6.45, 7) is 0. The van der Waals surface area contributed by atoms with E-state index in [9.17, 15) is 9.36 Å². The summed E-state index contributed by atoms with van der Waals surface area (Å²) in [6.07, 6.45) is 0.796. The second-order valence-electron chi connectivity index (χ2n) is 3.17. The van der Waals surface area contributed by atoms with E-state index >= 15 is 0 Å². The molecule has 1 aliphatic rings. The number of rotatable bonds is 3. The van der Waals surface area contributed by atoms with E-state index in [1.165, 1.54) is 0 Å². The molecule has 2 rings (SSSR count). The van der Waals surface area contributed by atoms with Crippen LogP contribution in [-0.4, -0.2) is 11.8 Å². The van der Waals surface area contributed by atoms with Crippen LogP contribution in [0.2, 0.25) is 0 Å². The topological polar surface area (TPSA) is 52.6 Å². The maximum Gasteiger partial charge on any atom is 0.601 e. The first-order valence-corrected chi connectivity index (χ1v) is 5.89. The third-order valence-electron chi connectivity index (χ3n) is 2.04. The average molecular weight is 225 g/mol. The Morgan fingerprint density at radius 3 is 2.67 bits per heavy atom. The molecule has 0 aromatic heterocycles. The molecule has 0 N–H and O–H groups in total. The fourth-order valence-electron chi connectivity index (χ4n) is 1.30. The lowest BCUT2D eigenvalue weighted by Gasteiger charge is -1.96. The van der Waals surface area contributed by atoms with Gasteiger partial charge >= 0.3 is 19.8 Å². The maximum absolute atomic E-state index is 11.6. The largest absolute Gasteiger partial charge is 0.601 e. The number of hydrogen-bond donors (Lipinski definition) is 0. The van der Waals surface area contributed by atoms with Crippen LogP contribution in [0.3, 0.4) is 0 Å². The Labute approximate surface area is 88.1 Å². The quantitative estimate of drug-likeness (QED) is 0.585. The lowest BCUT2D eigenvalue weighted by molar-refractivity contribution is -0.139. The predicted molar refractivity (Wildman–Crippen MR) is 53.8 cm³/mol. The van der Waals surface area contributed by atoms with Gasteiger partial charge in [-0.05, 0) is 16.7 Å². The molecule has 1 fully saturated rings. The van der Waals surface area contributed by atoms with E-state index in [0.29, 0.717) is 18.6 Å². The zero-order valence-electron chi connectivity index (χ0n) is 7.96. The van der Waals surface area contributed by atoms with Crippen LogP contribution in [0.25, 0.3) is 0 Å². The first kappa shape index (κ1) is 10.1. The lowest BCUT2D eigenvalue weighted by atomic mass is 10.3. The minimum absolute atomic E-state index is 0.306. The molecule has 78 valence electrons. The molecule has 1 aromatic rings. The van der Waals surface area contributed by atoms with Crippen molar-refractivity contribution >= 4 is 14.0 Å². The van der Waals surface area contributed by atoms with E-state index in [4.69, 9.17) is 9.26 Å². The summed E-state index contributed by atoms with van der Waals surface area (Å²) in [4.78, 5) is 10.8. The number of esters is 1. The Morgan fingerprint density at radius 1 is 1.33 bits per heavy atom. The number of carbonyl (C=O) groups is 1. The molecule has 2 unspecified atom stereocenters. The van der Waals surface area contributed by atoms with Gasteiger partial charge in [-0.25, -0.2) is 0 Å². The molecular weight excluding hydrogens is 215 g/mol. The van der Waals surface area contributed by atoms with Crippen LogP contribution < -0.4 is 4.52 Å². The highest BCUT2D eigenvalue weighted by Crippen LogP contribution is 2.38. The number of cyclic esters (lactones) is 1. The van der Waals surface area contributed by atoms with Gasteiger partial charge in [0.2, 0.25) is 0 Å². The van der Waals surface area contributed by atoms with Crippen LogP contribution in [-0.2, 0) is 14.1 Å². The van der Waals surface area contributed by atoms with Crippen molar-refractivity contribution in [3.05, 3.63) is 30.3 Å². The second-order valence-corrected chi connectivity index (χ2v) is 4.50. The molecule has 4 nitrogen and oxygen atoms in total. The Bertz CT molecular complexity index is 376. The molecule has 2 atom stereocenters. The number of para-hydroxylation sites is 1. The monoisotopic (exact) mass is 225 g/mol. The minimum Gasteiger partial charge on any atom is -0.413 e. The Balaban J connectivity index is 1.96. The van der Waals surface area contributed by atoms with E-state index in [2.05, 4.69) is 0 Å². The number of hydrogen-bond acceptors (Lipinski definition) is 4. The highest BCUT2D eigenvalue weighted by molar-refractivity contribution is 7.40. The molecule has 0 spiro atoms. The lowest BCUT2D eigenvalue weighted by Crippen LogP contribution is -2.03. The molecule has 0 bridgehead atoms. The fourth-order valence-corrected chi connectivity index (χ4v) is 2.29. The van der Waals surface area contributed by atoms with Crippen molar-refractivity contribution in [2.24, 2.45) is 0 Å². The van der Waals surface area contributed by atoms with Crippen LogP contribution in [0.5, 0.6) is 5.75 Å². The van der Waals surface area contributed by atoms with Gasteiger partial charge in [0.05, 0.1) is 6.42 Å². The standard InChI is InChI=1S/C10H10O4P/c11-9-6-7-10(13-9)15(12)14-8-4-2-1-3-5-8/h1-5,10H,6-7H2/q+1. The van der Waals surface area contributed by atoms with Gasteiger partial charge in [-0.3, -0.25) is 9.32 Å². The predicted octanol–water partition coefficient (Wildman–Crippen LogP) is 2.47. The third-order valence-corrected chi connectivity index (χ3v) is 3.26. The number of benzene rings is 1. The highest BCUT2D eigenvalue weighted by atomic mass is 31.1.